The molecule has 0 radical (unpaired) electrons. The van der Waals surface area contributed by atoms with Crippen molar-refractivity contribution in [3.8, 4) is 5.75 Å². The first-order valence-electron chi connectivity index (χ1n) is 6.73. The monoisotopic (exact) mass is 277 g/mol. The first kappa shape index (κ1) is 14.4. The largest absolute Gasteiger partial charge is 0.497 e. The standard InChI is InChI=1S/C15H19NO4/c1-20-13-5-2-11(3-6-13)4-7-14(17)16-9-8-12(10-16)15(18)19/h2-3,5-6,12H,4,7-10H2,1H3,(H,18,19)/t12-/m1/s1. The van der Waals surface area contributed by atoms with Crippen molar-refractivity contribution >= 4 is 11.9 Å². The molecular formula is C15H19NO4. The van der Waals surface area contributed by atoms with Crippen LogP contribution in [0.3, 0.4) is 0 Å². The zero-order chi connectivity index (χ0) is 14.5. The lowest BCUT2D eigenvalue weighted by Gasteiger charge is -2.15. The number of benzene rings is 1. The van der Waals surface area contributed by atoms with Gasteiger partial charge in [-0.05, 0) is 30.5 Å². The predicted octanol–water partition coefficient (Wildman–Crippen LogP) is 1.56. The number of carbonyl (C=O) groups is 2. The van der Waals surface area contributed by atoms with E-state index in [2.05, 4.69) is 0 Å². The van der Waals surface area contributed by atoms with Crippen LogP contribution in [0.15, 0.2) is 24.3 Å². The van der Waals surface area contributed by atoms with E-state index in [1.54, 1.807) is 12.0 Å². The maximum atomic E-state index is 12.0. The van der Waals surface area contributed by atoms with Crippen LogP contribution >= 0.6 is 0 Å². The molecule has 1 aliphatic heterocycles. The van der Waals surface area contributed by atoms with Crippen LogP contribution in [0.25, 0.3) is 0 Å². The molecule has 0 bridgehead atoms. The van der Waals surface area contributed by atoms with Crippen molar-refractivity contribution in [2.75, 3.05) is 20.2 Å². The highest BCUT2D eigenvalue weighted by molar-refractivity contribution is 5.78. The summed E-state index contributed by atoms with van der Waals surface area (Å²) in [6, 6.07) is 7.62. The Bertz CT molecular complexity index is 483. The maximum Gasteiger partial charge on any atom is 0.308 e. The zero-order valence-corrected chi connectivity index (χ0v) is 11.5. The van der Waals surface area contributed by atoms with Crippen LogP contribution in [-0.2, 0) is 16.0 Å². The van der Waals surface area contributed by atoms with Crippen LogP contribution in [0.1, 0.15) is 18.4 Å². The third-order valence-corrected chi connectivity index (χ3v) is 3.68. The highest BCUT2D eigenvalue weighted by Crippen LogP contribution is 2.18. The molecule has 5 nitrogen and oxygen atoms in total. The van der Waals surface area contributed by atoms with Gasteiger partial charge in [0.15, 0.2) is 0 Å². The SMILES string of the molecule is COc1ccc(CCC(=O)N2CC[C@@H](C(=O)O)C2)cc1. The second-order valence-electron chi connectivity index (χ2n) is 5.01. The molecule has 0 aromatic heterocycles. The number of carboxylic acids is 1. The highest BCUT2D eigenvalue weighted by atomic mass is 16.5. The van der Waals surface area contributed by atoms with E-state index in [-0.39, 0.29) is 5.91 Å². The van der Waals surface area contributed by atoms with Crippen molar-refractivity contribution in [3.05, 3.63) is 29.8 Å². The lowest BCUT2D eigenvalue weighted by atomic mass is 10.1. The Labute approximate surface area is 118 Å². The Kier molecular flexibility index (Phi) is 4.61. The second-order valence-corrected chi connectivity index (χ2v) is 5.01. The molecule has 1 heterocycles. The second kappa shape index (κ2) is 6.41. The number of aliphatic carboxylic acids is 1. The first-order chi connectivity index (χ1) is 9.60. The summed E-state index contributed by atoms with van der Waals surface area (Å²) in [6.45, 7) is 0.898. The van der Waals surface area contributed by atoms with E-state index in [4.69, 9.17) is 9.84 Å². The van der Waals surface area contributed by atoms with Crippen LogP contribution < -0.4 is 4.74 Å². The minimum atomic E-state index is -0.810. The molecule has 1 aromatic carbocycles. The van der Waals surface area contributed by atoms with Crippen molar-refractivity contribution in [1.29, 1.82) is 0 Å². The van der Waals surface area contributed by atoms with Crippen LogP contribution in [0, 0.1) is 5.92 Å². The lowest BCUT2D eigenvalue weighted by Crippen LogP contribution is -2.30. The van der Waals surface area contributed by atoms with E-state index in [1.165, 1.54) is 0 Å². The molecule has 5 heteroatoms. The van der Waals surface area contributed by atoms with Gasteiger partial charge in [-0.1, -0.05) is 12.1 Å². The molecule has 1 fully saturated rings. The molecule has 1 aromatic rings. The van der Waals surface area contributed by atoms with E-state index in [9.17, 15) is 9.59 Å². The number of ether oxygens (including phenoxy) is 1. The average molecular weight is 277 g/mol. The summed E-state index contributed by atoms with van der Waals surface area (Å²) in [7, 11) is 1.62. The number of nitrogens with zero attached hydrogens (tertiary/aromatic N) is 1. The number of aryl methyl sites for hydroxylation is 1. The van der Waals surface area contributed by atoms with Gasteiger partial charge >= 0.3 is 5.97 Å². The third-order valence-electron chi connectivity index (χ3n) is 3.68. The van der Waals surface area contributed by atoms with Crippen LogP contribution in [0.4, 0.5) is 0 Å². The Morgan fingerprint density at radius 1 is 1.35 bits per heavy atom. The summed E-state index contributed by atoms with van der Waals surface area (Å²) in [4.78, 5) is 24.5. The van der Waals surface area contributed by atoms with Crippen LogP contribution in [0.2, 0.25) is 0 Å². The minimum absolute atomic E-state index is 0.0320. The van der Waals surface area contributed by atoms with Crippen molar-refractivity contribution in [1.82, 2.24) is 4.90 Å². The molecule has 0 spiro atoms. The van der Waals surface area contributed by atoms with E-state index >= 15 is 0 Å². The van der Waals surface area contributed by atoms with Crippen LogP contribution in [-0.4, -0.2) is 42.1 Å². The molecule has 0 saturated carbocycles. The summed E-state index contributed by atoms with van der Waals surface area (Å²) in [5.41, 5.74) is 1.08. The topological polar surface area (TPSA) is 66.8 Å². The number of carbonyl (C=O) groups excluding carboxylic acids is 1. The van der Waals surface area contributed by atoms with Gasteiger partial charge in [0.2, 0.25) is 5.91 Å². The van der Waals surface area contributed by atoms with Gasteiger partial charge in [-0.2, -0.15) is 0 Å². The number of hydrogen-bond acceptors (Lipinski definition) is 3. The fraction of sp³-hybridized carbons (Fsp3) is 0.467. The average Bonchev–Trinajstić information content (AvgIpc) is 2.95. The van der Waals surface area contributed by atoms with Gasteiger partial charge in [-0.25, -0.2) is 0 Å². The van der Waals surface area contributed by atoms with Crippen molar-refractivity contribution in [3.63, 3.8) is 0 Å². The normalized spacial score (nSPS) is 18.1. The number of carboxylic acid groups (broad SMARTS) is 1. The molecule has 1 saturated heterocycles. The number of hydrogen-bond donors (Lipinski definition) is 1. The molecule has 2 rings (SSSR count). The Morgan fingerprint density at radius 2 is 2.05 bits per heavy atom. The fourth-order valence-electron chi connectivity index (χ4n) is 2.39. The summed E-state index contributed by atoms with van der Waals surface area (Å²) < 4.78 is 5.08. The quantitative estimate of drug-likeness (QED) is 0.887. The van der Waals surface area contributed by atoms with E-state index in [1.807, 2.05) is 24.3 Å². The molecule has 1 amide bonds. The van der Waals surface area contributed by atoms with Gasteiger partial charge in [0.05, 0.1) is 13.0 Å². The number of methoxy groups -OCH3 is 1. The van der Waals surface area contributed by atoms with Crippen molar-refractivity contribution in [2.45, 2.75) is 19.3 Å². The summed E-state index contributed by atoms with van der Waals surface area (Å²) in [5.74, 6) is -0.385. The van der Waals surface area contributed by atoms with Gasteiger partial charge in [0, 0.05) is 19.5 Å². The van der Waals surface area contributed by atoms with E-state index < -0.39 is 11.9 Å². The minimum Gasteiger partial charge on any atom is -0.497 e. The first-order valence-corrected chi connectivity index (χ1v) is 6.73. The van der Waals surface area contributed by atoms with Gasteiger partial charge in [0.25, 0.3) is 0 Å². The van der Waals surface area contributed by atoms with Gasteiger partial charge in [-0.15, -0.1) is 0 Å². The number of likely N-dealkylation sites (tertiary alicyclic amines) is 1. The summed E-state index contributed by atoms with van der Waals surface area (Å²) >= 11 is 0. The van der Waals surface area contributed by atoms with Gasteiger partial charge in [-0.3, -0.25) is 9.59 Å². The molecule has 0 unspecified atom stereocenters. The van der Waals surface area contributed by atoms with Gasteiger partial charge in [0.1, 0.15) is 5.75 Å². The number of rotatable bonds is 5. The smallest absolute Gasteiger partial charge is 0.308 e. The summed E-state index contributed by atoms with van der Waals surface area (Å²) in [5, 5.41) is 8.92. The predicted molar refractivity (Wildman–Crippen MR) is 73.6 cm³/mol. The third kappa shape index (κ3) is 3.50. The Morgan fingerprint density at radius 3 is 2.60 bits per heavy atom. The molecule has 1 aliphatic rings. The number of amides is 1. The molecule has 20 heavy (non-hydrogen) atoms. The Balaban J connectivity index is 1.81. The maximum absolute atomic E-state index is 12.0. The molecule has 1 atom stereocenters. The Hall–Kier alpha value is -2.04. The molecular weight excluding hydrogens is 258 g/mol. The van der Waals surface area contributed by atoms with E-state index in [0.717, 1.165) is 11.3 Å². The lowest BCUT2D eigenvalue weighted by molar-refractivity contribution is -0.141. The molecule has 1 N–H and O–H groups in total. The van der Waals surface area contributed by atoms with Crippen LogP contribution in [0.5, 0.6) is 5.75 Å². The highest BCUT2D eigenvalue weighted by Gasteiger charge is 2.30. The van der Waals surface area contributed by atoms with Crippen molar-refractivity contribution in [2.24, 2.45) is 5.92 Å². The van der Waals surface area contributed by atoms with E-state index in [0.29, 0.717) is 32.4 Å². The van der Waals surface area contributed by atoms with Gasteiger partial charge < -0.3 is 14.7 Å². The fourth-order valence-corrected chi connectivity index (χ4v) is 2.39. The van der Waals surface area contributed by atoms with Crippen molar-refractivity contribution < 1.29 is 19.4 Å². The summed E-state index contributed by atoms with van der Waals surface area (Å²) in [6.07, 6.45) is 1.64. The molecule has 108 valence electrons. The molecule has 0 aliphatic carbocycles. The zero-order valence-electron chi connectivity index (χ0n) is 11.5.